The summed E-state index contributed by atoms with van der Waals surface area (Å²) in [5, 5.41) is 6.41. The smallest absolute Gasteiger partial charge is 0.119 e. The standard InChI is InChI=1S/C11H23N3/c1-9(2)7-10-13(6)12-8-14(10)11(3,4)5/h8-10H,7H2,1-6H3. The zero-order valence-corrected chi connectivity index (χ0v) is 10.3. The molecule has 3 heteroatoms. The van der Waals surface area contributed by atoms with Crippen LogP contribution < -0.4 is 0 Å². The van der Waals surface area contributed by atoms with Crippen molar-refractivity contribution >= 4 is 6.34 Å². The number of nitrogens with zero attached hydrogens (tertiary/aromatic N) is 3. The molecule has 1 aliphatic heterocycles. The van der Waals surface area contributed by atoms with Gasteiger partial charge in [0.25, 0.3) is 0 Å². The molecule has 1 unspecified atom stereocenters. The lowest BCUT2D eigenvalue weighted by Gasteiger charge is -2.38. The zero-order chi connectivity index (χ0) is 10.9. The highest BCUT2D eigenvalue weighted by atomic mass is 15.6. The minimum atomic E-state index is 0.161. The van der Waals surface area contributed by atoms with Gasteiger partial charge in [-0.3, -0.25) is 5.01 Å². The van der Waals surface area contributed by atoms with Crippen molar-refractivity contribution in [2.45, 2.75) is 52.7 Å². The molecule has 0 aliphatic carbocycles. The average Bonchev–Trinajstić information content (AvgIpc) is 2.30. The first-order valence-electron chi connectivity index (χ1n) is 5.37. The maximum Gasteiger partial charge on any atom is 0.119 e. The highest BCUT2D eigenvalue weighted by Crippen LogP contribution is 2.25. The van der Waals surface area contributed by atoms with Gasteiger partial charge >= 0.3 is 0 Å². The van der Waals surface area contributed by atoms with E-state index in [1.807, 2.05) is 6.34 Å². The molecule has 0 aromatic heterocycles. The highest BCUT2D eigenvalue weighted by Gasteiger charge is 2.33. The van der Waals surface area contributed by atoms with Gasteiger partial charge in [-0.1, -0.05) is 13.8 Å². The first-order valence-corrected chi connectivity index (χ1v) is 5.37. The second-order valence-electron chi connectivity index (χ2n) is 5.49. The van der Waals surface area contributed by atoms with Crippen LogP contribution in [-0.2, 0) is 0 Å². The lowest BCUT2D eigenvalue weighted by atomic mass is 10.0. The van der Waals surface area contributed by atoms with Crippen LogP contribution in [0.25, 0.3) is 0 Å². The normalized spacial score (nSPS) is 22.6. The summed E-state index contributed by atoms with van der Waals surface area (Å²) >= 11 is 0. The molecular formula is C11H23N3. The number of hydrogen-bond donors (Lipinski definition) is 0. The number of hydrazone groups is 1. The van der Waals surface area contributed by atoms with E-state index in [2.05, 4.69) is 56.7 Å². The third-order valence-corrected chi connectivity index (χ3v) is 2.57. The van der Waals surface area contributed by atoms with Gasteiger partial charge in [-0.25, -0.2) is 0 Å². The van der Waals surface area contributed by atoms with E-state index in [1.165, 1.54) is 0 Å². The Bertz CT molecular complexity index is 215. The van der Waals surface area contributed by atoms with Crippen LogP contribution in [0.15, 0.2) is 5.10 Å². The molecule has 0 aromatic rings. The van der Waals surface area contributed by atoms with Crippen molar-refractivity contribution < 1.29 is 0 Å². The van der Waals surface area contributed by atoms with Crippen LogP contribution >= 0.6 is 0 Å². The van der Waals surface area contributed by atoms with Gasteiger partial charge in [0.2, 0.25) is 0 Å². The number of rotatable bonds is 2. The average molecular weight is 197 g/mol. The van der Waals surface area contributed by atoms with E-state index < -0.39 is 0 Å². The first-order chi connectivity index (χ1) is 6.32. The molecule has 1 rings (SSSR count). The van der Waals surface area contributed by atoms with Crippen molar-refractivity contribution in [2.75, 3.05) is 7.05 Å². The molecule has 3 nitrogen and oxygen atoms in total. The fraction of sp³-hybridized carbons (Fsp3) is 0.909. The molecule has 14 heavy (non-hydrogen) atoms. The van der Waals surface area contributed by atoms with Crippen LogP contribution in [-0.4, -0.2) is 35.0 Å². The summed E-state index contributed by atoms with van der Waals surface area (Å²) in [6.07, 6.45) is 3.55. The minimum Gasteiger partial charge on any atom is -0.335 e. The molecule has 0 saturated heterocycles. The lowest BCUT2D eigenvalue weighted by molar-refractivity contribution is 0.0775. The van der Waals surface area contributed by atoms with Crippen molar-refractivity contribution in [1.29, 1.82) is 0 Å². The molecule has 0 aromatic carbocycles. The molecule has 82 valence electrons. The predicted octanol–water partition coefficient (Wildman–Crippen LogP) is 2.35. The minimum absolute atomic E-state index is 0.161. The van der Waals surface area contributed by atoms with Gasteiger partial charge in [0.15, 0.2) is 0 Å². The van der Waals surface area contributed by atoms with Gasteiger partial charge in [-0.05, 0) is 33.1 Å². The Labute approximate surface area is 87.8 Å². The first kappa shape index (κ1) is 11.3. The van der Waals surface area contributed by atoms with E-state index in [4.69, 9.17) is 0 Å². The van der Waals surface area contributed by atoms with E-state index in [9.17, 15) is 0 Å². The molecule has 0 saturated carbocycles. The van der Waals surface area contributed by atoms with E-state index in [0.717, 1.165) is 6.42 Å². The van der Waals surface area contributed by atoms with Crippen molar-refractivity contribution in [3.05, 3.63) is 0 Å². The Morgan fingerprint density at radius 1 is 1.36 bits per heavy atom. The number of hydrogen-bond acceptors (Lipinski definition) is 3. The van der Waals surface area contributed by atoms with Crippen LogP contribution in [0.1, 0.15) is 41.0 Å². The van der Waals surface area contributed by atoms with Crippen LogP contribution in [0.3, 0.4) is 0 Å². The van der Waals surface area contributed by atoms with E-state index in [0.29, 0.717) is 12.1 Å². The van der Waals surface area contributed by atoms with Gasteiger partial charge in [0.05, 0.1) is 0 Å². The van der Waals surface area contributed by atoms with Crippen LogP contribution in [0.2, 0.25) is 0 Å². The maximum atomic E-state index is 4.35. The summed E-state index contributed by atoms with van der Waals surface area (Å²) in [6, 6.07) is 0. The SMILES string of the molecule is CC(C)CC1N(C)N=CN1C(C)(C)C. The fourth-order valence-electron chi connectivity index (χ4n) is 1.78. The molecule has 0 N–H and O–H groups in total. The largest absolute Gasteiger partial charge is 0.335 e. The quantitative estimate of drug-likeness (QED) is 0.676. The third-order valence-electron chi connectivity index (χ3n) is 2.57. The Kier molecular flexibility index (Phi) is 3.07. The summed E-state index contributed by atoms with van der Waals surface area (Å²) < 4.78 is 0. The molecule has 1 heterocycles. The van der Waals surface area contributed by atoms with Gasteiger partial charge < -0.3 is 4.90 Å². The summed E-state index contributed by atoms with van der Waals surface area (Å²) in [4.78, 5) is 2.34. The van der Waals surface area contributed by atoms with Gasteiger partial charge in [-0.2, -0.15) is 5.10 Å². The Balaban J connectivity index is 2.71. The molecule has 0 radical (unpaired) electrons. The molecule has 1 atom stereocenters. The molecule has 0 bridgehead atoms. The van der Waals surface area contributed by atoms with Crippen LogP contribution in [0.4, 0.5) is 0 Å². The fourth-order valence-corrected chi connectivity index (χ4v) is 1.78. The Morgan fingerprint density at radius 2 is 1.93 bits per heavy atom. The predicted molar refractivity (Wildman–Crippen MR) is 61.1 cm³/mol. The van der Waals surface area contributed by atoms with Gasteiger partial charge in [-0.15, -0.1) is 0 Å². The van der Waals surface area contributed by atoms with Crippen LogP contribution in [0.5, 0.6) is 0 Å². The van der Waals surface area contributed by atoms with Crippen molar-refractivity contribution in [1.82, 2.24) is 9.91 Å². The Hall–Kier alpha value is -0.730. The lowest BCUT2D eigenvalue weighted by Crippen LogP contribution is -2.48. The Morgan fingerprint density at radius 3 is 2.36 bits per heavy atom. The molecule has 0 fully saturated rings. The summed E-state index contributed by atoms with van der Waals surface area (Å²) in [5.74, 6) is 0.703. The topological polar surface area (TPSA) is 18.8 Å². The van der Waals surface area contributed by atoms with E-state index >= 15 is 0 Å². The van der Waals surface area contributed by atoms with Crippen LogP contribution in [0, 0.1) is 5.92 Å². The van der Waals surface area contributed by atoms with Crippen molar-refractivity contribution in [2.24, 2.45) is 11.0 Å². The second-order valence-corrected chi connectivity index (χ2v) is 5.49. The zero-order valence-electron chi connectivity index (χ0n) is 10.3. The highest BCUT2D eigenvalue weighted by molar-refractivity contribution is 5.58. The van der Waals surface area contributed by atoms with E-state index in [-0.39, 0.29) is 5.54 Å². The monoisotopic (exact) mass is 197 g/mol. The van der Waals surface area contributed by atoms with Gasteiger partial charge in [0, 0.05) is 12.6 Å². The van der Waals surface area contributed by atoms with Crippen molar-refractivity contribution in [3.63, 3.8) is 0 Å². The van der Waals surface area contributed by atoms with E-state index in [1.54, 1.807) is 0 Å². The van der Waals surface area contributed by atoms with Crippen molar-refractivity contribution in [3.8, 4) is 0 Å². The third kappa shape index (κ3) is 2.40. The molecule has 0 spiro atoms. The van der Waals surface area contributed by atoms with Gasteiger partial charge in [0.1, 0.15) is 12.5 Å². The summed E-state index contributed by atoms with van der Waals surface area (Å²) in [6.45, 7) is 11.2. The maximum absolute atomic E-state index is 4.35. The molecular weight excluding hydrogens is 174 g/mol. The molecule has 1 aliphatic rings. The second kappa shape index (κ2) is 3.79. The summed E-state index contributed by atoms with van der Waals surface area (Å²) in [7, 11) is 2.05. The summed E-state index contributed by atoms with van der Waals surface area (Å²) in [5.41, 5.74) is 0.161. The molecule has 0 amide bonds.